The van der Waals surface area contributed by atoms with Crippen molar-refractivity contribution in [2.24, 2.45) is 0 Å². The van der Waals surface area contributed by atoms with Crippen LogP contribution in [0.1, 0.15) is 55.6 Å². The normalized spacial score (nSPS) is 12.2. The average Bonchev–Trinajstić information content (AvgIpc) is 3.18. The fraction of sp³-hybridized carbons (Fsp3) is 0.318. The zero-order valence-corrected chi connectivity index (χ0v) is 18.1. The van der Waals surface area contributed by atoms with E-state index in [1.807, 2.05) is 25.3 Å². The van der Waals surface area contributed by atoms with E-state index in [4.69, 9.17) is 4.74 Å². The van der Waals surface area contributed by atoms with Gasteiger partial charge in [0.2, 0.25) is 5.91 Å². The number of amides is 2. The van der Waals surface area contributed by atoms with E-state index in [0.29, 0.717) is 29.3 Å². The molecule has 2 aromatic rings. The highest BCUT2D eigenvalue weighted by molar-refractivity contribution is 7.14. The molecule has 0 saturated heterocycles. The Bertz CT molecular complexity index is 918. The van der Waals surface area contributed by atoms with Crippen LogP contribution in [0.25, 0.3) is 0 Å². The highest BCUT2D eigenvalue weighted by Gasteiger charge is 2.13. The Balaban J connectivity index is 2.02. The van der Waals surface area contributed by atoms with Gasteiger partial charge in [-0.2, -0.15) is 0 Å². The van der Waals surface area contributed by atoms with Crippen molar-refractivity contribution < 1.29 is 14.3 Å². The third-order valence-corrected chi connectivity index (χ3v) is 5.09. The lowest BCUT2D eigenvalue weighted by Gasteiger charge is -2.11. The van der Waals surface area contributed by atoms with Crippen LogP contribution in [0.4, 0.5) is 5.13 Å². The number of aromatic nitrogens is 1. The van der Waals surface area contributed by atoms with Crippen LogP contribution in [0.2, 0.25) is 0 Å². The Labute approximate surface area is 175 Å². The number of nitrogens with zero attached hydrogens (tertiary/aromatic N) is 1. The van der Waals surface area contributed by atoms with E-state index in [2.05, 4.69) is 29.1 Å². The van der Waals surface area contributed by atoms with E-state index in [1.54, 1.807) is 31.4 Å². The summed E-state index contributed by atoms with van der Waals surface area (Å²) in [6.45, 7) is 9.64. The molecule has 154 valence electrons. The molecular weight excluding hydrogens is 386 g/mol. The second-order valence-corrected chi connectivity index (χ2v) is 7.56. The zero-order chi connectivity index (χ0) is 21.4. The van der Waals surface area contributed by atoms with Crippen LogP contribution in [-0.2, 0) is 4.79 Å². The first-order valence-electron chi connectivity index (χ1n) is 9.40. The Kier molecular flexibility index (Phi) is 8.15. The second-order valence-electron chi connectivity index (χ2n) is 6.70. The summed E-state index contributed by atoms with van der Waals surface area (Å²) in [4.78, 5) is 28.6. The second kappa shape index (κ2) is 10.6. The Hall–Kier alpha value is -2.93. The quantitative estimate of drug-likeness (QED) is 0.574. The standard InChI is InChI=1S/C22H27N3O3S/c1-6-20(26)23-18(14(2)3)11-10-15(4)19-13-29-22(24-19)25-21(27)16-8-7-9-17(12-16)28-5/h7-9,11-13,15H,2,6,10H2,1,3-5H3,(H,23,26)(H,24,25,27)/b18-11+/t15-/m0/s1. The van der Waals surface area contributed by atoms with Gasteiger partial charge in [0.05, 0.1) is 12.8 Å². The fourth-order valence-electron chi connectivity index (χ4n) is 2.49. The minimum absolute atomic E-state index is 0.0388. The minimum Gasteiger partial charge on any atom is -0.497 e. The summed E-state index contributed by atoms with van der Waals surface area (Å²) in [5, 5.41) is 8.18. The maximum absolute atomic E-state index is 12.4. The maximum atomic E-state index is 12.4. The average molecular weight is 414 g/mol. The number of ether oxygens (including phenoxy) is 1. The molecule has 6 nitrogen and oxygen atoms in total. The Morgan fingerprint density at radius 2 is 2.14 bits per heavy atom. The van der Waals surface area contributed by atoms with Gasteiger partial charge in [-0.3, -0.25) is 14.9 Å². The topological polar surface area (TPSA) is 80.3 Å². The number of hydrogen-bond donors (Lipinski definition) is 2. The van der Waals surface area contributed by atoms with Crippen LogP contribution in [0.3, 0.4) is 0 Å². The molecule has 1 aromatic heterocycles. The van der Waals surface area contributed by atoms with Crippen molar-refractivity contribution in [2.45, 2.75) is 39.5 Å². The molecule has 1 aromatic carbocycles. The van der Waals surface area contributed by atoms with Gasteiger partial charge in [-0.1, -0.05) is 32.6 Å². The molecule has 0 aliphatic carbocycles. The summed E-state index contributed by atoms with van der Waals surface area (Å²) in [5.74, 6) is 0.482. The van der Waals surface area contributed by atoms with E-state index < -0.39 is 0 Å². The molecule has 0 radical (unpaired) electrons. The van der Waals surface area contributed by atoms with Gasteiger partial charge < -0.3 is 10.1 Å². The molecule has 29 heavy (non-hydrogen) atoms. The SMILES string of the molecule is C=C(C)/C(=C\C[C@H](C)c1csc(NC(=O)c2cccc(OC)c2)n1)NC(=O)CC. The number of nitrogens with one attached hydrogen (secondary N) is 2. The molecule has 1 heterocycles. The first-order chi connectivity index (χ1) is 13.8. The molecule has 0 saturated carbocycles. The van der Waals surface area contributed by atoms with Gasteiger partial charge in [0.15, 0.2) is 5.13 Å². The largest absolute Gasteiger partial charge is 0.497 e. The number of methoxy groups -OCH3 is 1. The zero-order valence-electron chi connectivity index (χ0n) is 17.2. The molecule has 0 spiro atoms. The molecular formula is C22H27N3O3S. The van der Waals surface area contributed by atoms with Crippen molar-refractivity contribution >= 4 is 28.3 Å². The summed E-state index contributed by atoms with van der Waals surface area (Å²) in [6, 6.07) is 6.96. The lowest BCUT2D eigenvalue weighted by atomic mass is 10.0. The molecule has 0 aliphatic heterocycles. The van der Waals surface area contributed by atoms with E-state index in [-0.39, 0.29) is 17.7 Å². The number of rotatable bonds is 9. The van der Waals surface area contributed by atoms with E-state index in [0.717, 1.165) is 17.0 Å². The lowest BCUT2D eigenvalue weighted by molar-refractivity contribution is -0.120. The van der Waals surface area contributed by atoms with E-state index >= 15 is 0 Å². The fourth-order valence-corrected chi connectivity index (χ4v) is 3.32. The molecule has 0 bridgehead atoms. The van der Waals surface area contributed by atoms with Gasteiger partial charge in [-0.15, -0.1) is 11.3 Å². The first kappa shape index (κ1) is 22.4. The summed E-state index contributed by atoms with van der Waals surface area (Å²) >= 11 is 1.38. The smallest absolute Gasteiger partial charge is 0.257 e. The number of hydrogen-bond acceptors (Lipinski definition) is 5. The number of carbonyl (C=O) groups is 2. The van der Waals surface area contributed by atoms with E-state index in [9.17, 15) is 9.59 Å². The predicted molar refractivity (Wildman–Crippen MR) is 117 cm³/mol. The van der Waals surface area contributed by atoms with Crippen molar-refractivity contribution in [3.63, 3.8) is 0 Å². The van der Waals surface area contributed by atoms with Crippen molar-refractivity contribution in [1.82, 2.24) is 10.3 Å². The lowest BCUT2D eigenvalue weighted by Crippen LogP contribution is -2.22. The molecule has 2 amide bonds. The van der Waals surface area contributed by atoms with Crippen LogP contribution in [-0.4, -0.2) is 23.9 Å². The van der Waals surface area contributed by atoms with Gasteiger partial charge in [-0.05, 0) is 37.1 Å². The van der Waals surface area contributed by atoms with Crippen LogP contribution < -0.4 is 15.4 Å². The minimum atomic E-state index is -0.232. The van der Waals surface area contributed by atoms with Gasteiger partial charge in [-0.25, -0.2) is 4.98 Å². The number of allylic oxidation sites excluding steroid dienone is 2. The summed E-state index contributed by atoms with van der Waals surface area (Å²) in [5.41, 5.74) is 2.94. The van der Waals surface area contributed by atoms with Gasteiger partial charge >= 0.3 is 0 Å². The highest BCUT2D eigenvalue weighted by Crippen LogP contribution is 2.26. The maximum Gasteiger partial charge on any atom is 0.257 e. The van der Waals surface area contributed by atoms with Gasteiger partial charge in [0.25, 0.3) is 5.91 Å². The molecule has 1 atom stereocenters. The van der Waals surface area contributed by atoms with Gasteiger partial charge in [0.1, 0.15) is 5.75 Å². The van der Waals surface area contributed by atoms with Gasteiger partial charge in [0, 0.05) is 29.0 Å². The van der Waals surface area contributed by atoms with Crippen molar-refractivity contribution in [2.75, 3.05) is 12.4 Å². The number of benzene rings is 1. The Morgan fingerprint density at radius 3 is 2.79 bits per heavy atom. The third-order valence-electron chi connectivity index (χ3n) is 4.31. The number of thiazole rings is 1. The van der Waals surface area contributed by atoms with Crippen LogP contribution in [0, 0.1) is 0 Å². The monoisotopic (exact) mass is 413 g/mol. The molecule has 0 fully saturated rings. The summed E-state index contributed by atoms with van der Waals surface area (Å²) in [7, 11) is 1.56. The third kappa shape index (κ3) is 6.57. The van der Waals surface area contributed by atoms with Crippen molar-refractivity contribution in [3.05, 3.63) is 64.8 Å². The summed E-state index contributed by atoms with van der Waals surface area (Å²) < 4.78 is 5.15. The molecule has 2 N–H and O–H groups in total. The van der Waals surface area contributed by atoms with Crippen LogP contribution >= 0.6 is 11.3 Å². The van der Waals surface area contributed by atoms with Crippen molar-refractivity contribution in [1.29, 1.82) is 0 Å². The van der Waals surface area contributed by atoms with E-state index in [1.165, 1.54) is 11.3 Å². The number of anilines is 1. The predicted octanol–water partition coefficient (Wildman–Crippen LogP) is 4.88. The molecule has 7 heteroatoms. The number of carbonyl (C=O) groups excluding carboxylic acids is 2. The summed E-state index contributed by atoms with van der Waals surface area (Å²) in [6.07, 6.45) is 3.08. The molecule has 0 unspecified atom stereocenters. The Morgan fingerprint density at radius 1 is 1.38 bits per heavy atom. The van der Waals surface area contributed by atoms with Crippen LogP contribution in [0.15, 0.2) is 53.6 Å². The first-order valence-corrected chi connectivity index (χ1v) is 10.3. The molecule has 2 rings (SSSR count). The molecule has 0 aliphatic rings. The van der Waals surface area contributed by atoms with Crippen LogP contribution in [0.5, 0.6) is 5.75 Å². The van der Waals surface area contributed by atoms with Crippen molar-refractivity contribution in [3.8, 4) is 5.75 Å². The highest BCUT2D eigenvalue weighted by atomic mass is 32.1.